The smallest absolute Gasteiger partial charge is 0.406 e. The number of hydrogen-bond donors (Lipinski definition) is 2. The number of alkyl halides is 3. The summed E-state index contributed by atoms with van der Waals surface area (Å²) in [6.45, 7) is 1.06. The highest BCUT2D eigenvalue weighted by atomic mass is 35.5. The number of halogens is 4. The molecule has 1 aromatic rings. The van der Waals surface area contributed by atoms with E-state index in [2.05, 4.69) is 10.1 Å². The van der Waals surface area contributed by atoms with Crippen molar-refractivity contribution in [1.29, 1.82) is 0 Å². The summed E-state index contributed by atoms with van der Waals surface area (Å²) in [5.74, 6) is -0.589. The van der Waals surface area contributed by atoms with Gasteiger partial charge in [-0.25, -0.2) is 0 Å². The zero-order chi connectivity index (χ0) is 16.2. The molecule has 0 radical (unpaired) electrons. The Kier molecular flexibility index (Phi) is 6.67. The normalized spacial score (nSPS) is 17.0. The van der Waals surface area contributed by atoms with Crippen LogP contribution in [0.4, 0.5) is 13.2 Å². The Morgan fingerprint density at radius 3 is 2.35 bits per heavy atom. The molecule has 1 aromatic carbocycles. The minimum atomic E-state index is -4.72. The third-order valence-electron chi connectivity index (χ3n) is 3.45. The monoisotopic (exact) mass is 354 g/mol. The lowest BCUT2D eigenvalue weighted by Crippen LogP contribution is -2.56. The molecule has 130 valence electrons. The average molecular weight is 355 g/mol. The second-order valence-electron chi connectivity index (χ2n) is 5.14. The fourth-order valence-electron chi connectivity index (χ4n) is 2.13. The molecule has 0 bridgehead atoms. The molecule has 1 amide bonds. The minimum Gasteiger partial charge on any atom is -0.406 e. The molecule has 5 nitrogen and oxygen atoms in total. The van der Waals surface area contributed by atoms with E-state index in [-0.39, 0.29) is 30.6 Å². The van der Waals surface area contributed by atoms with Gasteiger partial charge in [0.15, 0.2) is 0 Å². The van der Waals surface area contributed by atoms with Crippen molar-refractivity contribution in [1.82, 2.24) is 5.32 Å². The fourth-order valence-corrected chi connectivity index (χ4v) is 2.13. The van der Waals surface area contributed by atoms with Crippen LogP contribution in [-0.2, 0) is 16.1 Å². The number of amides is 1. The Morgan fingerprint density at radius 2 is 1.83 bits per heavy atom. The van der Waals surface area contributed by atoms with Gasteiger partial charge < -0.3 is 20.5 Å². The molecule has 2 rings (SSSR count). The molecule has 9 heteroatoms. The van der Waals surface area contributed by atoms with Gasteiger partial charge in [-0.2, -0.15) is 0 Å². The third-order valence-corrected chi connectivity index (χ3v) is 3.45. The van der Waals surface area contributed by atoms with Gasteiger partial charge in [-0.15, -0.1) is 25.6 Å². The summed E-state index contributed by atoms with van der Waals surface area (Å²) in [6, 6.07) is 5.30. The van der Waals surface area contributed by atoms with Crippen LogP contribution in [0.2, 0.25) is 0 Å². The van der Waals surface area contributed by atoms with Crippen LogP contribution in [0.15, 0.2) is 24.3 Å². The lowest BCUT2D eigenvalue weighted by atomic mass is 9.90. The molecule has 3 N–H and O–H groups in total. The standard InChI is InChI=1S/C14H17F3N2O3.ClH/c15-14(16,17)22-11-3-1-10(2-4-11)9-19-12(20)13(18)5-7-21-8-6-13;/h1-4H,5-9,18H2,(H,19,20);1H. The summed E-state index contributed by atoms with van der Waals surface area (Å²) in [6.07, 6.45) is -3.83. The van der Waals surface area contributed by atoms with E-state index in [9.17, 15) is 18.0 Å². The van der Waals surface area contributed by atoms with E-state index >= 15 is 0 Å². The van der Waals surface area contributed by atoms with Crippen LogP contribution in [0.25, 0.3) is 0 Å². The first-order valence-electron chi connectivity index (χ1n) is 6.78. The lowest BCUT2D eigenvalue weighted by molar-refractivity contribution is -0.274. The topological polar surface area (TPSA) is 73.6 Å². The van der Waals surface area contributed by atoms with Crippen LogP contribution < -0.4 is 15.8 Å². The third kappa shape index (κ3) is 5.89. The minimum absolute atomic E-state index is 0. The Bertz CT molecular complexity index is 517. The molecular weight excluding hydrogens is 337 g/mol. The molecule has 0 atom stereocenters. The Hall–Kier alpha value is -1.51. The van der Waals surface area contributed by atoms with E-state index in [1.165, 1.54) is 24.3 Å². The van der Waals surface area contributed by atoms with Crippen LogP contribution in [-0.4, -0.2) is 31.0 Å². The molecule has 1 saturated heterocycles. The summed E-state index contributed by atoms with van der Waals surface area (Å²) >= 11 is 0. The van der Waals surface area contributed by atoms with E-state index in [1.54, 1.807) is 0 Å². The second-order valence-corrected chi connectivity index (χ2v) is 5.14. The van der Waals surface area contributed by atoms with Crippen molar-refractivity contribution in [3.63, 3.8) is 0 Å². The molecular formula is C14H18ClF3N2O3. The lowest BCUT2D eigenvalue weighted by Gasteiger charge is -2.31. The SMILES string of the molecule is Cl.NC1(C(=O)NCc2ccc(OC(F)(F)F)cc2)CCOCC1. The first-order chi connectivity index (χ1) is 10.3. The van der Waals surface area contributed by atoms with E-state index in [1.807, 2.05) is 0 Å². The van der Waals surface area contributed by atoms with Gasteiger partial charge in [-0.05, 0) is 30.5 Å². The number of nitrogens with one attached hydrogen (secondary N) is 1. The molecule has 1 heterocycles. The van der Waals surface area contributed by atoms with E-state index in [0.717, 1.165) is 0 Å². The molecule has 0 aromatic heterocycles. The number of nitrogens with two attached hydrogens (primary N) is 1. The van der Waals surface area contributed by atoms with Crippen molar-refractivity contribution in [2.45, 2.75) is 31.3 Å². The van der Waals surface area contributed by atoms with Gasteiger partial charge in [-0.3, -0.25) is 4.79 Å². The number of hydrogen-bond acceptors (Lipinski definition) is 4. The highest BCUT2D eigenvalue weighted by molar-refractivity contribution is 5.86. The number of rotatable bonds is 4. The molecule has 0 spiro atoms. The summed E-state index contributed by atoms with van der Waals surface area (Å²) < 4.78 is 45.1. The maximum atomic E-state index is 12.1. The molecule has 1 fully saturated rings. The van der Waals surface area contributed by atoms with Crippen LogP contribution in [0.3, 0.4) is 0 Å². The predicted molar refractivity (Wildman–Crippen MR) is 79.2 cm³/mol. The zero-order valence-electron chi connectivity index (χ0n) is 12.2. The summed E-state index contributed by atoms with van der Waals surface area (Å²) in [4.78, 5) is 12.1. The van der Waals surface area contributed by atoms with Crippen molar-refractivity contribution in [3.8, 4) is 5.75 Å². The van der Waals surface area contributed by atoms with Gasteiger partial charge in [0.1, 0.15) is 5.75 Å². The fraction of sp³-hybridized carbons (Fsp3) is 0.500. The quantitative estimate of drug-likeness (QED) is 0.868. The van der Waals surface area contributed by atoms with E-state index in [4.69, 9.17) is 10.5 Å². The Balaban J connectivity index is 0.00000264. The summed E-state index contributed by atoms with van der Waals surface area (Å²) in [7, 11) is 0. The zero-order valence-corrected chi connectivity index (χ0v) is 13.0. The summed E-state index contributed by atoms with van der Waals surface area (Å²) in [5.41, 5.74) is 5.73. The second kappa shape index (κ2) is 7.85. The van der Waals surface area contributed by atoms with Crippen molar-refractivity contribution >= 4 is 18.3 Å². The average Bonchev–Trinajstić information content (AvgIpc) is 2.45. The van der Waals surface area contributed by atoms with Gasteiger partial charge in [-0.1, -0.05) is 12.1 Å². The Morgan fingerprint density at radius 1 is 1.26 bits per heavy atom. The van der Waals surface area contributed by atoms with Gasteiger partial charge >= 0.3 is 6.36 Å². The maximum absolute atomic E-state index is 12.1. The molecule has 23 heavy (non-hydrogen) atoms. The van der Waals surface area contributed by atoms with Gasteiger partial charge in [0.2, 0.25) is 5.91 Å². The van der Waals surface area contributed by atoms with Gasteiger partial charge in [0, 0.05) is 19.8 Å². The number of carbonyl (C=O) groups is 1. The van der Waals surface area contributed by atoms with Crippen LogP contribution in [0, 0.1) is 0 Å². The van der Waals surface area contributed by atoms with Crippen molar-refractivity contribution < 1.29 is 27.4 Å². The Labute approximate surface area is 137 Å². The van der Waals surface area contributed by atoms with Crippen molar-refractivity contribution in [2.24, 2.45) is 5.73 Å². The van der Waals surface area contributed by atoms with E-state index in [0.29, 0.717) is 31.6 Å². The first-order valence-corrected chi connectivity index (χ1v) is 6.78. The summed E-state index contributed by atoms with van der Waals surface area (Å²) in [5, 5.41) is 2.69. The highest BCUT2D eigenvalue weighted by Crippen LogP contribution is 2.23. The predicted octanol–water partition coefficient (Wildman–Crippen LogP) is 2.13. The van der Waals surface area contributed by atoms with Crippen molar-refractivity contribution in [3.05, 3.63) is 29.8 Å². The number of ether oxygens (including phenoxy) is 2. The number of benzene rings is 1. The largest absolute Gasteiger partial charge is 0.573 e. The highest BCUT2D eigenvalue weighted by Gasteiger charge is 2.35. The molecule has 0 saturated carbocycles. The van der Waals surface area contributed by atoms with Gasteiger partial charge in [0.05, 0.1) is 5.54 Å². The number of carbonyl (C=O) groups excluding carboxylic acids is 1. The molecule has 0 unspecified atom stereocenters. The molecule has 1 aliphatic rings. The first kappa shape index (κ1) is 19.5. The van der Waals surface area contributed by atoms with Crippen LogP contribution >= 0.6 is 12.4 Å². The molecule has 1 aliphatic heterocycles. The van der Waals surface area contributed by atoms with E-state index < -0.39 is 11.9 Å². The molecule has 0 aliphatic carbocycles. The van der Waals surface area contributed by atoms with Crippen LogP contribution in [0.5, 0.6) is 5.75 Å². The van der Waals surface area contributed by atoms with Crippen molar-refractivity contribution in [2.75, 3.05) is 13.2 Å². The maximum Gasteiger partial charge on any atom is 0.573 e. The van der Waals surface area contributed by atoms with Crippen LogP contribution in [0.1, 0.15) is 18.4 Å². The van der Waals surface area contributed by atoms with Gasteiger partial charge in [0.25, 0.3) is 0 Å².